The third kappa shape index (κ3) is 5.02. The van der Waals surface area contributed by atoms with E-state index < -0.39 is 15.7 Å². The van der Waals surface area contributed by atoms with Crippen molar-refractivity contribution < 1.29 is 17.9 Å². The second kappa shape index (κ2) is 6.91. The molecule has 0 aliphatic carbocycles. The van der Waals surface area contributed by atoms with E-state index in [1.54, 1.807) is 24.3 Å². The Morgan fingerprint density at radius 2 is 1.81 bits per heavy atom. The number of hydrogen-bond donors (Lipinski definition) is 1. The summed E-state index contributed by atoms with van der Waals surface area (Å²) in [6.45, 7) is 2.60. The van der Waals surface area contributed by atoms with E-state index in [0.29, 0.717) is 31.0 Å². The number of ether oxygens (including phenoxy) is 1. The quantitative estimate of drug-likeness (QED) is 0.762. The van der Waals surface area contributed by atoms with Gasteiger partial charge in [0.2, 0.25) is 5.91 Å². The number of sulfone groups is 1. The Morgan fingerprint density at radius 1 is 1.19 bits per heavy atom. The van der Waals surface area contributed by atoms with Gasteiger partial charge in [-0.15, -0.1) is 0 Å². The SMILES string of the molecule is NC(=O)c1ccc(OCCCN2CCS(=O)(=O)CC2)cc1. The normalized spacial score (nSPS) is 18.3. The summed E-state index contributed by atoms with van der Waals surface area (Å²) in [4.78, 5) is 13.1. The minimum absolute atomic E-state index is 0.252. The van der Waals surface area contributed by atoms with Crippen LogP contribution in [0.2, 0.25) is 0 Å². The number of amides is 1. The Hall–Kier alpha value is -1.60. The zero-order valence-electron chi connectivity index (χ0n) is 11.8. The summed E-state index contributed by atoms with van der Waals surface area (Å²) in [6, 6.07) is 6.70. The van der Waals surface area contributed by atoms with E-state index in [2.05, 4.69) is 4.90 Å². The van der Waals surface area contributed by atoms with Crippen LogP contribution in [0.4, 0.5) is 0 Å². The molecule has 0 unspecified atom stereocenters. The molecule has 0 bridgehead atoms. The Kier molecular flexibility index (Phi) is 5.19. The molecular weight excluding hydrogens is 292 g/mol. The van der Waals surface area contributed by atoms with Crippen molar-refractivity contribution in [3.63, 3.8) is 0 Å². The lowest BCUT2D eigenvalue weighted by Crippen LogP contribution is -2.40. The van der Waals surface area contributed by atoms with Gasteiger partial charge in [-0.3, -0.25) is 4.79 Å². The van der Waals surface area contributed by atoms with Gasteiger partial charge in [0.1, 0.15) is 5.75 Å². The van der Waals surface area contributed by atoms with Crippen LogP contribution in [0.3, 0.4) is 0 Å². The Morgan fingerprint density at radius 3 is 2.38 bits per heavy atom. The first-order valence-corrected chi connectivity index (χ1v) is 8.74. The molecule has 0 spiro atoms. The third-order valence-electron chi connectivity index (χ3n) is 3.46. The lowest BCUT2D eigenvalue weighted by Gasteiger charge is -2.26. The van der Waals surface area contributed by atoms with Crippen molar-refractivity contribution in [2.45, 2.75) is 6.42 Å². The molecule has 1 aromatic rings. The molecule has 1 aliphatic rings. The summed E-state index contributed by atoms with van der Waals surface area (Å²) >= 11 is 0. The molecule has 0 aromatic heterocycles. The van der Waals surface area contributed by atoms with Gasteiger partial charge in [-0.1, -0.05) is 0 Å². The zero-order chi connectivity index (χ0) is 15.3. The number of benzene rings is 1. The van der Waals surface area contributed by atoms with E-state index in [1.165, 1.54) is 0 Å². The topological polar surface area (TPSA) is 89.7 Å². The van der Waals surface area contributed by atoms with Crippen LogP contribution in [0.25, 0.3) is 0 Å². The summed E-state index contributed by atoms with van der Waals surface area (Å²) < 4.78 is 28.2. The Balaban J connectivity index is 1.67. The van der Waals surface area contributed by atoms with E-state index in [4.69, 9.17) is 10.5 Å². The molecule has 1 aliphatic heterocycles. The van der Waals surface area contributed by atoms with Gasteiger partial charge in [0.25, 0.3) is 0 Å². The van der Waals surface area contributed by atoms with Crippen molar-refractivity contribution in [1.29, 1.82) is 0 Å². The first-order chi connectivity index (χ1) is 9.96. The Bertz CT molecular complexity index is 569. The van der Waals surface area contributed by atoms with Crippen LogP contribution in [0.15, 0.2) is 24.3 Å². The van der Waals surface area contributed by atoms with Crippen LogP contribution >= 0.6 is 0 Å². The number of primary amides is 1. The minimum atomic E-state index is -2.81. The molecule has 6 nitrogen and oxygen atoms in total. The van der Waals surface area contributed by atoms with Gasteiger partial charge in [-0.05, 0) is 30.7 Å². The fraction of sp³-hybridized carbons (Fsp3) is 0.500. The second-order valence-electron chi connectivity index (χ2n) is 5.08. The number of nitrogens with two attached hydrogens (primary N) is 1. The molecule has 116 valence electrons. The van der Waals surface area contributed by atoms with Crippen LogP contribution in [0, 0.1) is 0 Å². The Labute approximate surface area is 124 Å². The van der Waals surface area contributed by atoms with Crippen LogP contribution in [0.1, 0.15) is 16.8 Å². The summed E-state index contributed by atoms with van der Waals surface area (Å²) in [5, 5.41) is 0. The largest absolute Gasteiger partial charge is 0.494 e. The van der Waals surface area contributed by atoms with Crippen molar-refractivity contribution in [2.75, 3.05) is 37.7 Å². The van der Waals surface area contributed by atoms with Crippen LogP contribution in [-0.2, 0) is 9.84 Å². The molecule has 1 fully saturated rings. The van der Waals surface area contributed by atoms with Gasteiger partial charge in [0, 0.05) is 25.2 Å². The standard InChI is InChI=1S/C14H20N2O4S/c15-14(17)12-2-4-13(5-3-12)20-9-1-6-16-7-10-21(18,19)11-8-16/h2-5H,1,6-11H2,(H2,15,17). The highest BCUT2D eigenvalue weighted by atomic mass is 32.2. The van der Waals surface area contributed by atoms with E-state index in [1.807, 2.05) is 0 Å². The first kappa shape index (κ1) is 15.8. The summed E-state index contributed by atoms with van der Waals surface area (Å²) in [5.74, 6) is 0.744. The van der Waals surface area contributed by atoms with E-state index >= 15 is 0 Å². The van der Waals surface area contributed by atoms with Gasteiger partial charge in [0.15, 0.2) is 9.84 Å². The average molecular weight is 312 g/mol. The average Bonchev–Trinajstić information content (AvgIpc) is 2.45. The van der Waals surface area contributed by atoms with Crippen LogP contribution in [0.5, 0.6) is 5.75 Å². The maximum Gasteiger partial charge on any atom is 0.248 e. The summed E-state index contributed by atoms with van der Waals surface area (Å²) in [7, 11) is -2.81. The molecule has 0 saturated carbocycles. The number of carbonyl (C=O) groups is 1. The van der Waals surface area contributed by atoms with Gasteiger partial charge in [-0.25, -0.2) is 8.42 Å². The van der Waals surface area contributed by atoms with Gasteiger partial charge >= 0.3 is 0 Å². The van der Waals surface area contributed by atoms with Gasteiger partial charge in [-0.2, -0.15) is 0 Å². The van der Waals surface area contributed by atoms with E-state index in [0.717, 1.165) is 13.0 Å². The molecule has 1 heterocycles. The number of nitrogens with zero attached hydrogens (tertiary/aromatic N) is 1. The molecule has 7 heteroatoms. The fourth-order valence-corrected chi connectivity index (χ4v) is 3.44. The monoisotopic (exact) mass is 312 g/mol. The van der Waals surface area contributed by atoms with Gasteiger partial charge < -0.3 is 15.4 Å². The maximum absolute atomic E-state index is 11.3. The lowest BCUT2D eigenvalue weighted by atomic mass is 10.2. The predicted molar refractivity (Wildman–Crippen MR) is 80.2 cm³/mol. The van der Waals surface area contributed by atoms with Crippen molar-refractivity contribution in [3.8, 4) is 5.75 Å². The molecule has 0 radical (unpaired) electrons. The van der Waals surface area contributed by atoms with Crippen molar-refractivity contribution in [2.24, 2.45) is 5.73 Å². The number of carbonyl (C=O) groups excluding carboxylic acids is 1. The second-order valence-corrected chi connectivity index (χ2v) is 7.39. The number of hydrogen-bond acceptors (Lipinski definition) is 5. The molecule has 2 rings (SSSR count). The third-order valence-corrected chi connectivity index (χ3v) is 5.07. The first-order valence-electron chi connectivity index (χ1n) is 6.92. The molecule has 0 atom stereocenters. The van der Waals surface area contributed by atoms with Crippen molar-refractivity contribution in [3.05, 3.63) is 29.8 Å². The minimum Gasteiger partial charge on any atom is -0.494 e. The molecule has 1 amide bonds. The predicted octanol–water partition coefficient (Wildman–Crippen LogP) is 0.285. The van der Waals surface area contributed by atoms with E-state index in [9.17, 15) is 13.2 Å². The highest BCUT2D eigenvalue weighted by Crippen LogP contribution is 2.12. The highest BCUT2D eigenvalue weighted by Gasteiger charge is 2.20. The highest BCUT2D eigenvalue weighted by molar-refractivity contribution is 7.91. The van der Waals surface area contributed by atoms with Gasteiger partial charge in [0.05, 0.1) is 18.1 Å². The molecular formula is C14H20N2O4S. The molecule has 2 N–H and O–H groups in total. The molecule has 1 saturated heterocycles. The van der Waals surface area contributed by atoms with Crippen molar-refractivity contribution >= 4 is 15.7 Å². The molecule has 1 aromatic carbocycles. The lowest BCUT2D eigenvalue weighted by molar-refractivity contribution is 0.1000. The number of rotatable bonds is 6. The zero-order valence-corrected chi connectivity index (χ0v) is 12.6. The summed E-state index contributed by atoms with van der Waals surface area (Å²) in [5.41, 5.74) is 5.61. The maximum atomic E-state index is 11.3. The fourth-order valence-electron chi connectivity index (χ4n) is 2.17. The molecule has 21 heavy (non-hydrogen) atoms. The summed E-state index contributed by atoms with van der Waals surface area (Å²) in [6.07, 6.45) is 0.831. The van der Waals surface area contributed by atoms with Crippen LogP contribution < -0.4 is 10.5 Å². The van der Waals surface area contributed by atoms with Crippen molar-refractivity contribution in [1.82, 2.24) is 4.90 Å². The smallest absolute Gasteiger partial charge is 0.248 e. The van der Waals surface area contributed by atoms with Crippen LogP contribution in [-0.4, -0.2) is 57.0 Å². The van der Waals surface area contributed by atoms with E-state index in [-0.39, 0.29) is 11.5 Å².